The van der Waals surface area contributed by atoms with Crippen LogP contribution in [0.5, 0.6) is 0 Å². The molecule has 0 unspecified atom stereocenters. The number of aromatic nitrogens is 2. The summed E-state index contributed by atoms with van der Waals surface area (Å²) in [7, 11) is 0. The Bertz CT molecular complexity index is 618. The van der Waals surface area contributed by atoms with Crippen LogP contribution in [-0.4, -0.2) is 21.4 Å². The molecule has 2 rings (SSSR count). The largest absolute Gasteiger partial charge is 0.327 e. The number of nitrogens with two attached hydrogens (primary N) is 1. The zero-order valence-electron chi connectivity index (χ0n) is 11.0. The van der Waals surface area contributed by atoms with Crippen LogP contribution in [-0.2, 0) is 16.1 Å². The summed E-state index contributed by atoms with van der Waals surface area (Å²) in [5.41, 5.74) is 4.42. The number of hydrazine groups is 1. The lowest BCUT2D eigenvalue weighted by Gasteiger charge is -2.03. The molecule has 0 aliphatic heterocycles. The smallest absolute Gasteiger partial charge is 0.253 e. The first-order valence-electron chi connectivity index (χ1n) is 5.97. The van der Waals surface area contributed by atoms with Gasteiger partial charge in [-0.25, -0.2) is 10.8 Å². The van der Waals surface area contributed by atoms with E-state index in [1.54, 1.807) is 29.2 Å². The van der Waals surface area contributed by atoms with Gasteiger partial charge in [0.25, 0.3) is 5.91 Å². The van der Waals surface area contributed by atoms with Crippen molar-refractivity contribution in [3.63, 3.8) is 0 Å². The van der Waals surface area contributed by atoms with Crippen molar-refractivity contribution in [2.75, 3.05) is 5.32 Å². The molecule has 0 radical (unpaired) electrons. The van der Waals surface area contributed by atoms with Gasteiger partial charge in [0.1, 0.15) is 6.54 Å². The summed E-state index contributed by atoms with van der Waals surface area (Å²) in [5.74, 6) is 4.61. The fourth-order valence-corrected chi connectivity index (χ4v) is 1.73. The highest BCUT2D eigenvalue weighted by Crippen LogP contribution is 2.19. The molecule has 104 valence electrons. The Morgan fingerprint density at radius 1 is 1.30 bits per heavy atom. The molecule has 0 aliphatic rings. The molecule has 2 aromatic rings. The summed E-state index contributed by atoms with van der Waals surface area (Å²) >= 11 is 0. The number of nitrogens with one attached hydrogen (secondary N) is 2. The lowest BCUT2D eigenvalue weighted by Crippen LogP contribution is -2.32. The maximum absolute atomic E-state index is 11.1. The first-order valence-corrected chi connectivity index (χ1v) is 5.97. The van der Waals surface area contributed by atoms with Gasteiger partial charge in [-0.3, -0.25) is 15.0 Å². The summed E-state index contributed by atoms with van der Waals surface area (Å²) in [6.45, 7) is 1.57. The third-order valence-electron chi connectivity index (χ3n) is 2.62. The number of hydrogen-bond acceptors (Lipinski definition) is 4. The van der Waals surface area contributed by atoms with Crippen LogP contribution in [0.15, 0.2) is 36.8 Å². The number of amides is 2. The van der Waals surface area contributed by atoms with E-state index in [-0.39, 0.29) is 18.4 Å². The number of carbonyl (C=O) groups is 2. The summed E-state index contributed by atoms with van der Waals surface area (Å²) in [6, 6.07) is 7.28. The lowest BCUT2D eigenvalue weighted by molar-refractivity contribution is -0.121. The molecule has 0 fully saturated rings. The highest BCUT2D eigenvalue weighted by molar-refractivity contribution is 5.88. The van der Waals surface area contributed by atoms with Gasteiger partial charge in [0.05, 0.1) is 12.0 Å². The Kier molecular flexibility index (Phi) is 4.11. The van der Waals surface area contributed by atoms with Gasteiger partial charge in [0.15, 0.2) is 0 Å². The van der Waals surface area contributed by atoms with E-state index in [1.165, 1.54) is 6.92 Å². The van der Waals surface area contributed by atoms with E-state index in [2.05, 4.69) is 15.7 Å². The molecule has 0 aliphatic carbocycles. The fourth-order valence-electron chi connectivity index (χ4n) is 1.73. The highest BCUT2D eigenvalue weighted by Gasteiger charge is 2.05. The van der Waals surface area contributed by atoms with Gasteiger partial charge >= 0.3 is 0 Å². The quantitative estimate of drug-likeness (QED) is 0.429. The Morgan fingerprint density at radius 2 is 2.00 bits per heavy atom. The van der Waals surface area contributed by atoms with Crippen LogP contribution in [0.25, 0.3) is 11.3 Å². The van der Waals surface area contributed by atoms with Crippen LogP contribution in [0.1, 0.15) is 6.92 Å². The van der Waals surface area contributed by atoms with Crippen LogP contribution in [0.2, 0.25) is 0 Å². The zero-order valence-corrected chi connectivity index (χ0v) is 11.0. The average molecular weight is 273 g/mol. The maximum atomic E-state index is 11.1. The minimum Gasteiger partial charge on any atom is -0.327 e. The first kappa shape index (κ1) is 13.8. The van der Waals surface area contributed by atoms with Crippen molar-refractivity contribution < 1.29 is 9.59 Å². The fraction of sp³-hybridized carbons (Fsp3) is 0.154. The summed E-state index contributed by atoms with van der Waals surface area (Å²) in [5, 5.41) is 2.69. The molecule has 0 saturated heterocycles. The van der Waals surface area contributed by atoms with E-state index < -0.39 is 0 Å². The Hall–Kier alpha value is -2.67. The molecule has 1 aromatic carbocycles. The van der Waals surface area contributed by atoms with Crippen molar-refractivity contribution in [3.8, 4) is 11.3 Å². The zero-order chi connectivity index (χ0) is 14.5. The normalized spacial score (nSPS) is 10.1. The van der Waals surface area contributed by atoms with Crippen LogP contribution in [0, 0.1) is 0 Å². The number of carbonyl (C=O) groups excluding carboxylic acids is 2. The van der Waals surface area contributed by atoms with Gasteiger partial charge in [-0.15, -0.1) is 0 Å². The van der Waals surface area contributed by atoms with Gasteiger partial charge < -0.3 is 9.88 Å². The average Bonchev–Trinajstić information content (AvgIpc) is 2.87. The molecule has 7 nitrogen and oxygen atoms in total. The maximum Gasteiger partial charge on any atom is 0.253 e. The highest BCUT2D eigenvalue weighted by atomic mass is 16.2. The molecule has 7 heteroatoms. The second-order valence-corrected chi connectivity index (χ2v) is 4.26. The van der Waals surface area contributed by atoms with E-state index in [9.17, 15) is 9.59 Å². The predicted octanol–water partition coefficient (Wildman–Crippen LogP) is 0.498. The van der Waals surface area contributed by atoms with E-state index in [1.807, 2.05) is 12.1 Å². The third kappa shape index (κ3) is 3.42. The molecule has 0 spiro atoms. The molecule has 0 atom stereocenters. The number of rotatable bonds is 4. The molecular formula is C13H15N5O2. The minimum absolute atomic E-state index is 0.116. The molecule has 0 saturated carbocycles. The monoisotopic (exact) mass is 273 g/mol. The van der Waals surface area contributed by atoms with Crippen LogP contribution < -0.4 is 16.6 Å². The molecule has 1 heterocycles. The van der Waals surface area contributed by atoms with Crippen molar-refractivity contribution in [2.24, 2.45) is 5.84 Å². The van der Waals surface area contributed by atoms with Crippen LogP contribution in [0.4, 0.5) is 5.69 Å². The molecule has 4 N–H and O–H groups in total. The van der Waals surface area contributed by atoms with E-state index in [4.69, 9.17) is 5.84 Å². The second kappa shape index (κ2) is 5.98. The topological polar surface area (TPSA) is 102 Å². The summed E-state index contributed by atoms with van der Waals surface area (Å²) < 4.78 is 1.64. The number of anilines is 1. The van der Waals surface area contributed by atoms with Crippen molar-refractivity contribution in [1.82, 2.24) is 15.0 Å². The Balaban J connectivity index is 2.11. The van der Waals surface area contributed by atoms with Crippen LogP contribution in [0.3, 0.4) is 0 Å². The summed E-state index contributed by atoms with van der Waals surface area (Å²) in [6.07, 6.45) is 3.31. The number of hydrogen-bond donors (Lipinski definition) is 3. The van der Waals surface area contributed by atoms with E-state index in [0.29, 0.717) is 0 Å². The lowest BCUT2D eigenvalue weighted by atomic mass is 10.1. The number of nitrogens with zero attached hydrogens (tertiary/aromatic N) is 2. The van der Waals surface area contributed by atoms with E-state index >= 15 is 0 Å². The summed E-state index contributed by atoms with van der Waals surface area (Å²) in [4.78, 5) is 26.3. The van der Waals surface area contributed by atoms with Crippen LogP contribution >= 0.6 is 0 Å². The predicted molar refractivity (Wildman–Crippen MR) is 74.3 cm³/mol. The van der Waals surface area contributed by atoms with E-state index in [0.717, 1.165) is 16.9 Å². The van der Waals surface area contributed by atoms with Crippen molar-refractivity contribution in [2.45, 2.75) is 13.5 Å². The van der Waals surface area contributed by atoms with Gasteiger partial charge in [-0.05, 0) is 12.1 Å². The standard InChI is InChI=1S/C13H15N5O2/c1-9(19)16-11-4-2-10(3-5-11)12-6-18(8-15-12)7-13(20)17-14/h2-6,8H,7,14H2,1H3,(H,16,19)(H,17,20). The molecule has 0 bridgehead atoms. The molecule has 1 aromatic heterocycles. The SMILES string of the molecule is CC(=O)Nc1ccc(-c2cn(CC(=O)NN)cn2)cc1. The van der Waals surface area contributed by atoms with Crippen molar-refractivity contribution in [3.05, 3.63) is 36.8 Å². The minimum atomic E-state index is -0.296. The molecule has 20 heavy (non-hydrogen) atoms. The Morgan fingerprint density at radius 3 is 2.60 bits per heavy atom. The molecular weight excluding hydrogens is 258 g/mol. The number of imidazole rings is 1. The first-order chi connectivity index (χ1) is 9.58. The Labute approximate surface area is 115 Å². The van der Waals surface area contributed by atoms with Gasteiger partial charge in [-0.2, -0.15) is 0 Å². The van der Waals surface area contributed by atoms with Crippen molar-refractivity contribution >= 4 is 17.5 Å². The van der Waals surface area contributed by atoms with Gasteiger partial charge in [0.2, 0.25) is 5.91 Å². The third-order valence-corrected chi connectivity index (χ3v) is 2.62. The second-order valence-electron chi connectivity index (χ2n) is 4.26. The van der Waals surface area contributed by atoms with Crippen molar-refractivity contribution in [1.29, 1.82) is 0 Å². The van der Waals surface area contributed by atoms with Gasteiger partial charge in [-0.1, -0.05) is 12.1 Å². The van der Waals surface area contributed by atoms with Gasteiger partial charge in [0, 0.05) is 24.4 Å². The molecule has 2 amide bonds. The number of benzene rings is 1.